The number of benzene rings is 9. The number of hydrogen-bond donors (Lipinski definition) is 0. The maximum Gasteiger partial charge on any atom is 0.0555 e. The summed E-state index contributed by atoms with van der Waals surface area (Å²) in [7, 11) is 0. The van der Waals surface area contributed by atoms with Gasteiger partial charge in [0.15, 0.2) is 0 Å². The zero-order chi connectivity index (χ0) is 38.2. The predicted molar refractivity (Wildman–Crippen MR) is 256 cm³/mol. The number of hydrogen-bond acceptors (Lipinski definition) is 4. The Labute approximate surface area is 347 Å². The van der Waals surface area contributed by atoms with Gasteiger partial charge in [-0.2, -0.15) is 0 Å². The summed E-state index contributed by atoms with van der Waals surface area (Å²) in [6.45, 7) is 0. The molecular weight excluding hydrogens is 759 g/mol. The molecular formula is C54H33NS3. The smallest absolute Gasteiger partial charge is 0.0555 e. The fraction of sp³-hybridized carbons (Fsp3) is 0. The van der Waals surface area contributed by atoms with E-state index in [1.165, 1.54) is 111 Å². The molecule has 3 aromatic heterocycles. The lowest BCUT2D eigenvalue weighted by Gasteiger charge is -2.29. The molecule has 0 aliphatic carbocycles. The summed E-state index contributed by atoms with van der Waals surface area (Å²) in [5.74, 6) is 0. The topological polar surface area (TPSA) is 3.24 Å². The van der Waals surface area contributed by atoms with Crippen LogP contribution in [0.2, 0.25) is 0 Å². The molecule has 3 heterocycles. The first kappa shape index (κ1) is 33.6. The standard InChI is InChI=1S/C54H33NS3/c1-4-15-34(16-5-1)37-29-30-41-49(33-37)58-54-39(36-19-8-3-9-20-36)31-32-45(52(41)54)55(43-24-13-27-47-50(43)40-21-10-11-26-46(40)56-47)44-25-14-28-48-51(44)42-23-12-22-38(53(42)57-48)35-17-6-2-7-18-35/h1-33H. The zero-order valence-electron chi connectivity index (χ0n) is 31.2. The van der Waals surface area contributed by atoms with Gasteiger partial charge in [0.1, 0.15) is 0 Å². The molecule has 12 aromatic rings. The van der Waals surface area contributed by atoms with Crippen LogP contribution in [-0.4, -0.2) is 0 Å². The van der Waals surface area contributed by atoms with E-state index in [0.717, 1.165) is 0 Å². The Bertz CT molecular complexity index is 3500. The zero-order valence-corrected chi connectivity index (χ0v) is 33.7. The van der Waals surface area contributed by atoms with E-state index in [0.29, 0.717) is 0 Å². The Morgan fingerprint density at radius 2 is 0.793 bits per heavy atom. The Kier molecular flexibility index (Phi) is 7.83. The van der Waals surface area contributed by atoms with Crippen LogP contribution in [0.4, 0.5) is 17.1 Å². The number of nitrogens with zero attached hydrogens (tertiary/aromatic N) is 1. The van der Waals surface area contributed by atoms with Gasteiger partial charge in [-0.3, -0.25) is 0 Å². The van der Waals surface area contributed by atoms with E-state index in [9.17, 15) is 0 Å². The highest BCUT2D eigenvalue weighted by molar-refractivity contribution is 7.27. The third-order valence-electron chi connectivity index (χ3n) is 11.5. The molecule has 1 nitrogen and oxygen atoms in total. The van der Waals surface area contributed by atoms with Gasteiger partial charge in [-0.25, -0.2) is 0 Å². The van der Waals surface area contributed by atoms with Crippen molar-refractivity contribution < 1.29 is 0 Å². The Balaban J connectivity index is 1.21. The molecule has 0 aliphatic heterocycles. The molecule has 0 amide bonds. The molecule has 0 saturated heterocycles. The predicted octanol–water partition coefficient (Wildman–Crippen LogP) is 17.3. The van der Waals surface area contributed by atoms with Gasteiger partial charge >= 0.3 is 0 Å². The Morgan fingerprint density at radius 3 is 1.52 bits per heavy atom. The van der Waals surface area contributed by atoms with Gasteiger partial charge in [0.05, 0.1) is 17.1 Å². The fourth-order valence-corrected chi connectivity index (χ4v) is 12.6. The fourth-order valence-electron chi connectivity index (χ4n) is 8.90. The summed E-state index contributed by atoms with van der Waals surface area (Å²) < 4.78 is 7.77. The highest BCUT2D eigenvalue weighted by Gasteiger charge is 2.26. The maximum absolute atomic E-state index is 2.60. The van der Waals surface area contributed by atoms with E-state index in [-0.39, 0.29) is 0 Å². The molecule has 272 valence electrons. The lowest BCUT2D eigenvalue weighted by Crippen LogP contribution is -2.11. The van der Waals surface area contributed by atoms with Gasteiger partial charge in [0, 0.05) is 60.5 Å². The average Bonchev–Trinajstić information content (AvgIpc) is 3.99. The van der Waals surface area contributed by atoms with Crippen molar-refractivity contribution in [2.45, 2.75) is 0 Å². The molecule has 0 unspecified atom stereocenters. The van der Waals surface area contributed by atoms with Crippen LogP contribution in [0.15, 0.2) is 200 Å². The number of thiophene rings is 3. The average molecular weight is 792 g/mol. The molecule has 0 saturated carbocycles. The molecule has 0 atom stereocenters. The maximum atomic E-state index is 2.60. The van der Waals surface area contributed by atoms with Crippen molar-refractivity contribution in [3.05, 3.63) is 200 Å². The van der Waals surface area contributed by atoms with Gasteiger partial charge in [-0.15, -0.1) is 34.0 Å². The van der Waals surface area contributed by atoms with Gasteiger partial charge in [-0.05, 0) is 75.8 Å². The van der Waals surface area contributed by atoms with Crippen LogP contribution < -0.4 is 4.90 Å². The summed E-state index contributed by atoms with van der Waals surface area (Å²) >= 11 is 5.68. The van der Waals surface area contributed by atoms with Crippen molar-refractivity contribution in [3.8, 4) is 33.4 Å². The van der Waals surface area contributed by atoms with E-state index in [4.69, 9.17) is 0 Å². The van der Waals surface area contributed by atoms with Gasteiger partial charge < -0.3 is 4.90 Å². The monoisotopic (exact) mass is 791 g/mol. The number of anilines is 3. The second-order valence-corrected chi connectivity index (χ2v) is 18.0. The quantitative estimate of drug-likeness (QED) is 0.162. The van der Waals surface area contributed by atoms with E-state index < -0.39 is 0 Å². The van der Waals surface area contributed by atoms with Crippen LogP contribution in [0.1, 0.15) is 0 Å². The third kappa shape index (κ3) is 5.26. The van der Waals surface area contributed by atoms with Crippen molar-refractivity contribution in [3.63, 3.8) is 0 Å². The van der Waals surface area contributed by atoms with Crippen molar-refractivity contribution >= 4 is 112 Å². The highest BCUT2D eigenvalue weighted by Crippen LogP contribution is 2.54. The lowest BCUT2D eigenvalue weighted by molar-refractivity contribution is 1.34. The van der Waals surface area contributed by atoms with Crippen LogP contribution in [0, 0.1) is 0 Å². The third-order valence-corrected chi connectivity index (χ3v) is 15.0. The molecule has 0 fully saturated rings. The first-order valence-electron chi connectivity index (χ1n) is 19.6. The van der Waals surface area contributed by atoms with Crippen molar-refractivity contribution in [1.82, 2.24) is 0 Å². The summed E-state index contributed by atoms with van der Waals surface area (Å²) in [6, 6.07) is 73.7. The summed E-state index contributed by atoms with van der Waals surface area (Å²) in [5.41, 5.74) is 11.0. The molecule has 0 N–H and O–H groups in total. The van der Waals surface area contributed by atoms with Crippen LogP contribution in [0.25, 0.3) is 93.9 Å². The van der Waals surface area contributed by atoms with Crippen LogP contribution in [-0.2, 0) is 0 Å². The molecule has 4 heteroatoms. The second kappa shape index (κ2) is 13.5. The minimum Gasteiger partial charge on any atom is -0.308 e. The number of rotatable bonds is 6. The summed E-state index contributed by atoms with van der Waals surface area (Å²) in [5, 5.41) is 7.69. The molecule has 0 aliphatic rings. The van der Waals surface area contributed by atoms with Crippen molar-refractivity contribution in [1.29, 1.82) is 0 Å². The van der Waals surface area contributed by atoms with E-state index >= 15 is 0 Å². The van der Waals surface area contributed by atoms with Gasteiger partial charge in [-0.1, -0.05) is 158 Å². The van der Waals surface area contributed by atoms with Crippen LogP contribution in [0.5, 0.6) is 0 Å². The summed E-state index contributed by atoms with van der Waals surface area (Å²) in [4.78, 5) is 2.60. The van der Waals surface area contributed by atoms with E-state index in [1.54, 1.807) is 0 Å². The van der Waals surface area contributed by atoms with Crippen LogP contribution >= 0.6 is 34.0 Å². The van der Waals surface area contributed by atoms with Crippen LogP contribution in [0.3, 0.4) is 0 Å². The normalized spacial score (nSPS) is 11.8. The van der Waals surface area contributed by atoms with Gasteiger partial charge in [0.2, 0.25) is 0 Å². The Hall–Kier alpha value is -6.56. The molecule has 0 spiro atoms. The largest absolute Gasteiger partial charge is 0.308 e. The molecule has 0 bridgehead atoms. The molecule has 58 heavy (non-hydrogen) atoms. The molecule has 9 aromatic carbocycles. The number of fused-ring (bicyclic) bond motifs is 9. The first-order chi connectivity index (χ1) is 28.8. The first-order valence-corrected chi connectivity index (χ1v) is 22.0. The lowest BCUT2D eigenvalue weighted by atomic mass is 9.98. The minimum absolute atomic E-state index is 1.18. The highest BCUT2D eigenvalue weighted by atomic mass is 32.1. The summed E-state index contributed by atoms with van der Waals surface area (Å²) in [6.07, 6.45) is 0. The second-order valence-electron chi connectivity index (χ2n) is 14.8. The SMILES string of the molecule is c1ccc(-c2ccc3c(c2)sc2c(-c4ccccc4)ccc(N(c4cccc5sc6ccccc6c45)c4cccc5sc6c(-c7ccccc7)cccc6c45)c23)cc1. The minimum atomic E-state index is 1.18. The molecule has 12 rings (SSSR count). The van der Waals surface area contributed by atoms with E-state index in [1.807, 2.05) is 34.0 Å². The molecule has 0 radical (unpaired) electrons. The van der Waals surface area contributed by atoms with E-state index in [2.05, 4.69) is 205 Å². The van der Waals surface area contributed by atoms with Crippen molar-refractivity contribution in [2.75, 3.05) is 4.90 Å². The van der Waals surface area contributed by atoms with Gasteiger partial charge in [0.25, 0.3) is 0 Å². The van der Waals surface area contributed by atoms with Crippen molar-refractivity contribution in [2.24, 2.45) is 0 Å². The Morgan fingerprint density at radius 1 is 0.276 bits per heavy atom.